The highest BCUT2D eigenvalue weighted by atomic mass is 35.5. The Kier molecular flexibility index (Phi) is 3.32. The summed E-state index contributed by atoms with van der Waals surface area (Å²) in [6.45, 7) is 0.488. The molecule has 0 spiro atoms. The summed E-state index contributed by atoms with van der Waals surface area (Å²) in [4.78, 5) is 22.9. The number of halogens is 1. The maximum Gasteiger partial charge on any atom is 0.277 e. The first-order chi connectivity index (χ1) is 11.2. The van der Waals surface area contributed by atoms with Crippen LogP contribution >= 0.6 is 11.6 Å². The topological polar surface area (TPSA) is 46.1 Å². The summed E-state index contributed by atoms with van der Waals surface area (Å²) in [6, 6.07) is 15.1. The van der Waals surface area contributed by atoms with E-state index in [2.05, 4.69) is 9.97 Å². The van der Waals surface area contributed by atoms with Crippen molar-refractivity contribution >= 4 is 23.2 Å². The molecule has 0 saturated carbocycles. The Morgan fingerprint density at radius 1 is 1.04 bits per heavy atom. The van der Waals surface area contributed by atoms with Crippen LogP contribution in [0.3, 0.4) is 0 Å². The Morgan fingerprint density at radius 2 is 1.87 bits per heavy atom. The van der Waals surface area contributed by atoms with Gasteiger partial charge in [-0.25, -0.2) is 4.98 Å². The van der Waals surface area contributed by atoms with Gasteiger partial charge in [-0.1, -0.05) is 41.9 Å². The van der Waals surface area contributed by atoms with Gasteiger partial charge in [-0.05, 0) is 29.3 Å². The molecule has 23 heavy (non-hydrogen) atoms. The Hall–Kier alpha value is -2.72. The van der Waals surface area contributed by atoms with E-state index in [0.717, 1.165) is 22.4 Å². The van der Waals surface area contributed by atoms with Gasteiger partial charge in [0.15, 0.2) is 0 Å². The van der Waals surface area contributed by atoms with Crippen LogP contribution in [0.1, 0.15) is 16.1 Å². The second-order valence-electron chi connectivity index (χ2n) is 5.29. The van der Waals surface area contributed by atoms with Crippen LogP contribution in [-0.2, 0) is 6.54 Å². The Labute approximate surface area is 138 Å². The number of rotatable bonds is 1. The molecule has 3 aromatic rings. The molecule has 0 fully saturated rings. The quantitative estimate of drug-likeness (QED) is 0.637. The van der Waals surface area contributed by atoms with Gasteiger partial charge in [0.05, 0.1) is 18.4 Å². The SMILES string of the molecule is O=C(c1ccccn1)N1Cc2ccccc2-c2cc(Cl)ncc21. The maximum atomic E-state index is 12.9. The smallest absolute Gasteiger partial charge is 0.277 e. The van der Waals surface area contributed by atoms with E-state index < -0.39 is 0 Å². The van der Waals surface area contributed by atoms with Crippen molar-refractivity contribution in [2.45, 2.75) is 6.54 Å². The lowest BCUT2D eigenvalue weighted by molar-refractivity contribution is 0.0980. The number of benzene rings is 1. The molecule has 4 nitrogen and oxygen atoms in total. The fourth-order valence-corrected chi connectivity index (χ4v) is 3.00. The van der Waals surface area contributed by atoms with Crippen LogP contribution < -0.4 is 4.90 Å². The predicted octanol–water partition coefficient (Wildman–Crippen LogP) is 3.96. The molecular formula is C18H12ClN3O. The van der Waals surface area contributed by atoms with Gasteiger partial charge in [-0.3, -0.25) is 9.78 Å². The molecule has 1 aliphatic rings. The number of hydrogen-bond donors (Lipinski definition) is 0. The zero-order chi connectivity index (χ0) is 15.8. The van der Waals surface area contributed by atoms with E-state index in [1.807, 2.05) is 24.3 Å². The Bertz CT molecular complexity index is 896. The standard InChI is InChI=1S/C18H12ClN3O/c19-17-9-14-13-6-2-1-5-12(13)11-22(16(14)10-21-17)18(23)15-7-3-4-8-20-15/h1-10H,11H2. The van der Waals surface area contributed by atoms with Crippen LogP contribution in [0.5, 0.6) is 0 Å². The van der Waals surface area contributed by atoms with Gasteiger partial charge >= 0.3 is 0 Å². The van der Waals surface area contributed by atoms with Crippen molar-refractivity contribution in [2.75, 3.05) is 4.90 Å². The summed E-state index contributed by atoms with van der Waals surface area (Å²) >= 11 is 6.06. The van der Waals surface area contributed by atoms with Crippen molar-refractivity contribution in [3.8, 4) is 11.1 Å². The Balaban J connectivity index is 1.87. The first kappa shape index (κ1) is 13.9. The van der Waals surface area contributed by atoms with E-state index in [-0.39, 0.29) is 5.91 Å². The average Bonchev–Trinajstić information content (AvgIpc) is 2.61. The minimum atomic E-state index is -0.148. The van der Waals surface area contributed by atoms with Crippen molar-refractivity contribution in [2.24, 2.45) is 0 Å². The number of aromatic nitrogens is 2. The molecule has 0 saturated heterocycles. The highest BCUT2D eigenvalue weighted by Crippen LogP contribution is 2.40. The Morgan fingerprint density at radius 3 is 2.70 bits per heavy atom. The van der Waals surface area contributed by atoms with E-state index >= 15 is 0 Å². The number of fused-ring (bicyclic) bond motifs is 3. The summed E-state index contributed by atoms with van der Waals surface area (Å²) in [7, 11) is 0. The molecule has 0 radical (unpaired) electrons. The van der Waals surface area contributed by atoms with E-state index in [9.17, 15) is 4.79 Å². The number of nitrogens with zero attached hydrogens (tertiary/aromatic N) is 3. The molecule has 3 heterocycles. The maximum absolute atomic E-state index is 12.9. The largest absolute Gasteiger partial charge is 0.300 e. The third-order valence-corrected chi connectivity index (χ3v) is 4.11. The highest BCUT2D eigenvalue weighted by Gasteiger charge is 2.28. The first-order valence-electron chi connectivity index (χ1n) is 7.21. The van der Waals surface area contributed by atoms with Crippen LogP contribution in [0.25, 0.3) is 11.1 Å². The van der Waals surface area contributed by atoms with Gasteiger partial charge in [0.25, 0.3) is 5.91 Å². The summed E-state index contributed by atoms with van der Waals surface area (Å²) in [6.07, 6.45) is 3.26. The van der Waals surface area contributed by atoms with Crippen molar-refractivity contribution < 1.29 is 4.79 Å². The molecule has 2 aromatic heterocycles. The van der Waals surface area contributed by atoms with Gasteiger partial charge in [-0.15, -0.1) is 0 Å². The summed E-state index contributed by atoms with van der Waals surface area (Å²) < 4.78 is 0. The molecular weight excluding hydrogens is 310 g/mol. The molecule has 0 N–H and O–H groups in total. The normalized spacial score (nSPS) is 12.5. The van der Waals surface area contributed by atoms with Gasteiger partial charge in [0, 0.05) is 11.8 Å². The van der Waals surface area contributed by atoms with E-state index in [4.69, 9.17) is 11.6 Å². The molecule has 1 amide bonds. The van der Waals surface area contributed by atoms with Crippen molar-refractivity contribution in [1.29, 1.82) is 0 Å². The minimum Gasteiger partial charge on any atom is -0.300 e. The highest BCUT2D eigenvalue weighted by molar-refractivity contribution is 6.30. The second-order valence-corrected chi connectivity index (χ2v) is 5.67. The second kappa shape index (κ2) is 5.48. The molecule has 0 atom stereocenters. The van der Waals surface area contributed by atoms with Crippen molar-refractivity contribution in [3.63, 3.8) is 0 Å². The summed E-state index contributed by atoms with van der Waals surface area (Å²) in [5, 5.41) is 0.408. The van der Waals surface area contributed by atoms with Crippen molar-refractivity contribution in [1.82, 2.24) is 9.97 Å². The number of pyridine rings is 2. The number of amides is 1. The lowest BCUT2D eigenvalue weighted by Gasteiger charge is -2.30. The van der Waals surface area contributed by atoms with Crippen molar-refractivity contribution in [3.05, 3.63) is 77.3 Å². The van der Waals surface area contributed by atoms with Crippen LogP contribution in [0, 0.1) is 0 Å². The molecule has 0 aliphatic carbocycles. The molecule has 112 valence electrons. The van der Waals surface area contributed by atoms with Crippen LogP contribution in [0.2, 0.25) is 5.15 Å². The van der Waals surface area contributed by atoms with Gasteiger partial charge in [-0.2, -0.15) is 0 Å². The molecule has 0 unspecified atom stereocenters. The van der Waals surface area contributed by atoms with Crippen LogP contribution in [0.15, 0.2) is 60.9 Å². The van der Waals surface area contributed by atoms with E-state index in [1.54, 1.807) is 41.6 Å². The van der Waals surface area contributed by atoms with Gasteiger partial charge in [0.1, 0.15) is 10.8 Å². The lowest BCUT2D eigenvalue weighted by atomic mass is 9.94. The van der Waals surface area contributed by atoms with Crippen LogP contribution in [-0.4, -0.2) is 15.9 Å². The van der Waals surface area contributed by atoms with Gasteiger partial charge < -0.3 is 4.90 Å². The third-order valence-electron chi connectivity index (χ3n) is 3.91. The zero-order valence-corrected chi connectivity index (χ0v) is 12.9. The average molecular weight is 322 g/mol. The molecule has 1 aromatic carbocycles. The fraction of sp³-hybridized carbons (Fsp3) is 0.0556. The molecule has 0 bridgehead atoms. The summed E-state index contributed by atoms with van der Waals surface area (Å²) in [5.74, 6) is -0.148. The van der Waals surface area contributed by atoms with Gasteiger partial charge in [0.2, 0.25) is 0 Å². The molecule has 1 aliphatic heterocycles. The molecule has 5 heteroatoms. The van der Waals surface area contributed by atoms with E-state index in [0.29, 0.717) is 17.4 Å². The number of hydrogen-bond acceptors (Lipinski definition) is 3. The number of anilines is 1. The predicted molar refractivity (Wildman–Crippen MR) is 89.4 cm³/mol. The zero-order valence-electron chi connectivity index (χ0n) is 12.1. The minimum absolute atomic E-state index is 0.148. The summed E-state index contributed by atoms with van der Waals surface area (Å²) in [5.41, 5.74) is 4.23. The fourth-order valence-electron chi connectivity index (χ4n) is 2.84. The monoisotopic (exact) mass is 321 g/mol. The number of carbonyl (C=O) groups is 1. The molecule has 4 rings (SSSR count). The lowest BCUT2D eigenvalue weighted by Crippen LogP contribution is -2.33. The first-order valence-corrected chi connectivity index (χ1v) is 7.58. The number of carbonyl (C=O) groups excluding carboxylic acids is 1. The van der Waals surface area contributed by atoms with Crippen LogP contribution in [0.4, 0.5) is 5.69 Å². The third kappa shape index (κ3) is 2.37. The van der Waals surface area contributed by atoms with E-state index in [1.165, 1.54) is 0 Å².